The predicted octanol–water partition coefficient (Wildman–Crippen LogP) is 4.66. The SMILES string of the molecule is CC(C)COC(=O)CC(Cc1c[nH]c2ccccc12)C(=O)OCc1ccccc1. The zero-order valence-electron chi connectivity index (χ0n) is 16.9. The first-order valence-corrected chi connectivity index (χ1v) is 9.94. The second kappa shape index (κ2) is 9.92. The number of para-hydroxylation sites is 1. The molecule has 0 fully saturated rings. The molecule has 0 saturated heterocycles. The number of aromatic nitrogens is 1. The molecule has 0 aliphatic carbocycles. The molecule has 0 aliphatic rings. The standard InChI is InChI=1S/C24H27NO4/c1-17(2)15-28-23(26)13-19(24(27)29-16-18-8-4-3-5-9-18)12-20-14-25-22-11-7-6-10-21(20)22/h3-11,14,17,19,25H,12-13,15-16H2,1-2H3. The first kappa shape index (κ1) is 20.6. The highest BCUT2D eigenvalue weighted by Crippen LogP contribution is 2.23. The smallest absolute Gasteiger partial charge is 0.310 e. The molecule has 1 unspecified atom stereocenters. The van der Waals surface area contributed by atoms with Crippen molar-refractivity contribution in [2.75, 3.05) is 6.61 Å². The Balaban J connectivity index is 1.71. The number of rotatable bonds is 9. The summed E-state index contributed by atoms with van der Waals surface area (Å²) < 4.78 is 10.8. The number of carbonyl (C=O) groups is 2. The van der Waals surface area contributed by atoms with E-state index in [0.29, 0.717) is 13.0 Å². The summed E-state index contributed by atoms with van der Waals surface area (Å²) in [5.41, 5.74) is 2.90. The van der Waals surface area contributed by atoms with Crippen LogP contribution in [0, 0.1) is 11.8 Å². The van der Waals surface area contributed by atoms with Crippen molar-refractivity contribution in [3.05, 3.63) is 71.9 Å². The third-order valence-electron chi connectivity index (χ3n) is 4.69. The number of hydrogen-bond donors (Lipinski definition) is 1. The monoisotopic (exact) mass is 393 g/mol. The van der Waals surface area contributed by atoms with Crippen LogP contribution in [0.3, 0.4) is 0 Å². The average molecular weight is 393 g/mol. The van der Waals surface area contributed by atoms with Crippen LogP contribution in [0.25, 0.3) is 10.9 Å². The van der Waals surface area contributed by atoms with Gasteiger partial charge in [0.25, 0.3) is 0 Å². The van der Waals surface area contributed by atoms with Crippen molar-refractivity contribution in [3.8, 4) is 0 Å². The molecule has 0 spiro atoms. The molecule has 0 saturated carbocycles. The van der Waals surface area contributed by atoms with E-state index in [2.05, 4.69) is 4.98 Å². The fourth-order valence-electron chi connectivity index (χ4n) is 3.17. The van der Waals surface area contributed by atoms with Gasteiger partial charge in [-0.3, -0.25) is 9.59 Å². The van der Waals surface area contributed by atoms with Crippen LogP contribution >= 0.6 is 0 Å². The summed E-state index contributed by atoms with van der Waals surface area (Å²) in [7, 11) is 0. The first-order valence-electron chi connectivity index (χ1n) is 9.94. The number of aromatic amines is 1. The highest BCUT2D eigenvalue weighted by Gasteiger charge is 2.26. The predicted molar refractivity (Wildman–Crippen MR) is 112 cm³/mol. The summed E-state index contributed by atoms with van der Waals surface area (Å²) in [5, 5.41) is 1.05. The minimum atomic E-state index is -0.599. The van der Waals surface area contributed by atoms with Crippen molar-refractivity contribution in [2.24, 2.45) is 11.8 Å². The van der Waals surface area contributed by atoms with E-state index in [1.807, 2.05) is 74.6 Å². The molecule has 1 atom stereocenters. The van der Waals surface area contributed by atoms with Crippen molar-refractivity contribution in [2.45, 2.75) is 33.3 Å². The van der Waals surface area contributed by atoms with E-state index in [4.69, 9.17) is 9.47 Å². The van der Waals surface area contributed by atoms with Crippen LogP contribution in [0.2, 0.25) is 0 Å². The molecule has 0 aliphatic heterocycles. The molecule has 2 aromatic carbocycles. The number of hydrogen-bond acceptors (Lipinski definition) is 4. The average Bonchev–Trinajstić information content (AvgIpc) is 3.14. The summed E-state index contributed by atoms with van der Waals surface area (Å²) >= 11 is 0. The van der Waals surface area contributed by atoms with Crippen molar-refractivity contribution in [3.63, 3.8) is 0 Å². The number of nitrogens with one attached hydrogen (secondary N) is 1. The van der Waals surface area contributed by atoms with E-state index in [0.717, 1.165) is 22.0 Å². The van der Waals surface area contributed by atoms with E-state index in [1.165, 1.54) is 0 Å². The van der Waals surface area contributed by atoms with E-state index in [-0.39, 0.29) is 30.9 Å². The van der Waals surface area contributed by atoms with Crippen LogP contribution in [-0.4, -0.2) is 23.5 Å². The first-order chi connectivity index (χ1) is 14.0. The zero-order chi connectivity index (χ0) is 20.6. The molecule has 5 nitrogen and oxygen atoms in total. The number of fused-ring (bicyclic) bond motifs is 1. The molecule has 3 aromatic rings. The molecular weight excluding hydrogens is 366 g/mol. The lowest BCUT2D eigenvalue weighted by molar-refractivity contribution is -0.156. The van der Waals surface area contributed by atoms with Gasteiger partial charge in [-0.2, -0.15) is 0 Å². The maximum Gasteiger partial charge on any atom is 0.310 e. The molecule has 1 heterocycles. The molecule has 5 heteroatoms. The molecule has 0 amide bonds. The van der Waals surface area contributed by atoms with Gasteiger partial charge in [0.05, 0.1) is 18.9 Å². The lowest BCUT2D eigenvalue weighted by Gasteiger charge is -2.16. The Morgan fingerprint density at radius 1 is 0.966 bits per heavy atom. The Bertz CT molecular complexity index is 946. The van der Waals surface area contributed by atoms with E-state index in [9.17, 15) is 9.59 Å². The van der Waals surface area contributed by atoms with Crippen LogP contribution in [0.1, 0.15) is 31.4 Å². The minimum absolute atomic E-state index is 0.000149. The van der Waals surface area contributed by atoms with Crippen LogP contribution in [0.15, 0.2) is 60.8 Å². The number of benzene rings is 2. The van der Waals surface area contributed by atoms with Crippen molar-refractivity contribution >= 4 is 22.8 Å². The van der Waals surface area contributed by atoms with Crippen molar-refractivity contribution < 1.29 is 19.1 Å². The second-order valence-corrected chi connectivity index (χ2v) is 7.63. The summed E-state index contributed by atoms with van der Waals surface area (Å²) in [6.45, 7) is 4.48. The van der Waals surface area contributed by atoms with E-state index >= 15 is 0 Å². The molecule has 3 rings (SSSR count). The van der Waals surface area contributed by atoms with Gasteiger partial charge in [-0.25, -0.2) is 0 Å². The second-order valence-electron chi connectivity index (χ2n) is 7.63. The summed E-state index contributed by atoms with van der Waals surface area (Å²) in [6.07, 6.45) is 2.30. The number of ether oxygens (including phenoxy) is 2. The van der Waals surface area contributed by atoms with Gasteiger partial charge in [-0.15, -0.1) is 0 Å². The van der Waals surface area contributed by atoms with Gasteiger partial charge in [0.2, 0.25) is 0 Å². The quantitative estimate of drug-likeness (QED) is 0.537. The third kappa shape index (κ3) is 5.95. The van der Waals surface area contributed by atoms with Gasteiger partial charge in [-0.05, 0) is 29.5 Å². The Hall–Kier alpha value is -3.08. The summed E-state index contributed by atoms with van der Waals surface area (Å²) in [4.78, 5) is 28.3. The van der Waals surface area contributed by atoms with Crippen molar-refractivity contribution in [1.29, 1.82) is 0 Å². The van der Waals surface area contributed by atoms with Gasteiger partial charge in [0, 0.05) is 17.1 Å². The topological polar surface area (TPSA) is 68.4 Å². The van der Waals surface area contributed by atoms with Crippen LogP contribution < -0.4 is 0 Å². The largest absolute Gasteiger partial charge is 0.465 e. The van der Waals surface area contributed by atoms with Crippen LogP contribution in [-0.2, 0) is 32.1 Å². The molecule has 1 N–H and O–H groups in total. The van der Waals surface area contributed by atoms with E-state index in [1.54, 1.807) is 0 Å². The molecule has 29 heavy (non-hydrogen) atoms. The molecule has 1 aromatic heterocycles. The fraction of sp³-hybridized carbons (Fsp3) is 0.333. The Labute approximate surface area is 171 Å². The van der Waals surface area contributed by atoms with Crippen LogP contribution in [0.5, 0.6) is 0 Å². The molecule has 0 radical (unpaired) electrons. The maximum atomic E-state index is 12.8. The van der Waals surface area contributed by atoms with Gasteiger partial charge < -0.3 is 14.5 Å². The van der Waals surface area contributed by atoms with Gasteiger partial charge in [0.1, 0.15) is 6.61 Å². The van der Waals surface area contributed by atoms with Gasteiger partial charge in [-0.1, -0.05) is 62.4 Å². The Morgan fingerprint density at radius 2 is 1.69 bits per heavy atom. The lowest BCUT2D eigenvalue weighted by atomic mass is 9.96. The summed E-state index contributed by atoms with van der Waals surface area (Å²) in [5.74, 6) is -1.12. The minimum Gasteiger partial charge on any atom is -0.465 e. The van der Waals surface area contributed by atoms with Gasteiger partial charge >= 0.3 is 11.9 Å². The van der Waals surface area contributed by atoms with E-state index < -0.39 is 5.92 Å². The summed E-state index contributed by atoms with van der Waals surface area (Å²) in [6, 6.07) is 17.4. The molecule has 0 bridgehead atoms. The van der Waals surface area contributed by atoms with Crippen molar-refractivity contribution in [1.82, 2.24) is 4.98 Å². The molecular formula is C24H27NO4. The Morgan fingerprint density at radius 3 is 2.45 bits per heavy atom. The number of H-pyrrole nitrogens is 1. The highest BCUT2D eigenvalue weighted by molar-refractivity contribution is 5.85. The Kier molecular flexibility index (Phi) is 7.06. The zero-order valence-corrected chi connectivity index (χ0v) is 16.9. The number of esters is 2. The van der Waals surface area contributed by atoms with Crippen LogP contribution in [0.4, 0.5) is 0 Å². The highest BCUT2D eigenvalue weighted by atomic mass is 16.5. The number of carbonyl (C=O) groups excluding carboxylic acids is 2. The molecule has 152 valence electrons. The van der Waals surface area contributed by atoms with Gasteiger partial charge in [0.15, 0.2) is 0 Å². The lowest BCUT2D eigenvalue weighted by Crippen LogP contribution is -2.24. The maximum absolute atomic E-state index is 12.8. The fourth-order valence-corrected chi connectivity index (χ4v) is 3.17. The normalized spacial score (nSPS) is 12.1. The third-order valence-corrected chi connectivity index (χ3v) is 4.69.